The Labute approximate surface area is 144 Å². The molecule has 0 atom stereocenters. The van der Waals surface area contributed by atoms with Crippen LogP contribution in [0.15, 0.2) is 25.3 Å². The molecule has 0 bridgehead atoms. The molecule has 0 amide bonds. The van der Waals surface area contributed by atoms with E-state index in [1.54, 1.807) is 19.2 Å². The molecule has 0 N–H and O–H groups in total. The molecular formula is C17H29N3O4. The lowest BCUT2D eigenvalue weighted by molar-refractivity contribution is -0.323. The van der Waals surface area contributed by atoms with E-state index in [0.717, 1.165) is 12.2 Å². The molecule has 1 aliphatic heterocycles. The second-order valence-corrected chi connectivity index (χ2v) is 7.24. The minimum Gasteiger partial charge on any atom is -0.364 e. The van der Waals surface area contributed by atoms with Gasteiger partial charge in [0.25, 0.3) is 0 Å². The van der Waals surface area contributed by atoms with E-state index in [1.807, 2.05) is 5.01 Å². The summed E-state index contributed by atoms with van der Waals surface area (Å²) >= 11 is 0. The molecule has 1 fully saturated rings. The average Bonchev–Trinajstić information content (AvgIpc) is 2.43. The smallest absolute Gasteiger partial charge is 0.350 e. The van der Waals surface area contributed by atoms with Crippen molar-refractivity contribution in [3.8, 4) is 0 Å². The number of hydroxylamine groups is 3. The molecule has 1 heterocycles. The van der Waals surface area contributed by atoms with E-state index < -0.39 is 11.9 Å². The first-order valence-corrected chi connectivity index (χ1v) is 7.90. The molecule has 0 aromatic heterocycles. The highest BCUT2D eigenvalue weighted by Gasteiger charge is 2.49. The maximum absolute atomic E-state index is 11.5. The number of hydrogen-bond acceptors (Lipinski definition) is 7. The molecule has 0 radical (unpaired) electrons. The lowest BCUT2D eigenvalue weighted by atomic mass is 9.78. The van der Waals surface area contributed by atoms with Gasteiger partial charge in [0.05, 0.1) is 0 Å². The summed E-state index contributed by atoms with van der Waals surface area (Å²) in [6.45, 7) is 15.1. The minimum atomic E-state index is -0.511. The second kappa shape index (κ2) is 7.46. The Morgan fingerprint density at radius 1 is 1.00 bits per heavy atom. The van der Waals surface area contributed by atoms with Gasteiger partial charge in [-0.15, -0.1) is 5.06 Å². The van der Waals surface area contributed by atoms with Gasteiger partial charge in [-0.25, -0.2) is 9.59 Å². The maximum Gasteiger partial charge on any atom is 0.350 e. The summed E-state index contributed by atoms with van der Waals surface area (Å²) in [6.07, 6.45) is 3.71. The molecule has 1 aliphatic rings. The third-order valence-electron chi connectivity index (χ3n) is 4.20. The van der Waals surface area contributed by atoms with E-state index in [9.17, 15) is 9.59 Å². The molecule has 0 aromatic carbocycles. The zero-order chi connectivity index (χ0) is 18.7. The van der Waals surface area contributed by atoms with Crippen LogP contribution in [-0.2, 0) is 19.3 Å². The Hall–Kier alpha value is -1.70. The fraction of sp³-hybridized carbons (Fsp3) is 0.647. The van der Waals surface area contributed by atoms with Crippen molar-refractivity contribution >= 4 is 11.9 Å². The van der Waals surface area contributed by atoms with Gasteiger partial charge in [-0.3, -0.25) is 0 Å². The summed E-state index contributed by atoms with van der Waals surface area (Å²) < 4.78 is 0. The lowest BCUT2D eigenvalue weighted by Crippen LogP contribution is -2.68. The molecule has 1 saturated heterocycles. The van der Waals surface area contributed by atoms with E-state index in [-0.39, 0.29) is 17.1 Å². The van der Waals surface area contributed by atoms with Gasteiger partial charge in [-0.05, 0) is 40.5 Å². The Morgan fingerprint density at radius 2 is 1.42 bits per heavy atom. The summed E-state index contributed by atoms with van der Waals surface area (Å²) in [5.74, 6) is -0.990. The standard InChI is InChI=1S/C17H29N3O4/c1-9-14(21)23-18(7)13-11-16(3,4)20(17(5,6)12-13)19(8)24-15(22)10-2/h9-10,13H,1-2,11-12H2,3-8H3. The highest BCUT2D eigenvalue weighted by Crippen LogP contribution is 2.40. The van der Waals surface area contributed by atoms with Crippen molar-refractivity contribution in [2.45, 2.75) is 57.7 Å². The second-order valence-electron chi connectivity index (χ2n) is 7.24. The van der Waals surface area contributed by atoms with E-state index in [1.165, 1.54) is 5.17 Å². The number of rotatable bonds is 6. The molecular weight excluding hydrogens is 310 g/mol. The van der Waals surface area contributed by atoms with Crippen LogP contribution in [0.2, 0.25) is 0 Å². The van der Waals surface area contributed by atoms with Gasteiger partial charge in [-0.2, -0.15) is 5.01 Å². The molecule has 7 heteroatoms. The van der Waals surface area contributed by atoms with Crippen molar-refractivity contribution in [1.29, 1.82) is 0 Å². The molecule has 0 saturated carbocycles. The molecule has 0 unspecified atom stereocenters. The van der Waals surface area contributed by atoms with Crippen LogP contribution in [0.25, 0.3) is 0 Å². The van der Waals surface area contributed by atoms with Crippen LogP contribution in [0, 0.1) is 0 Å². The topological polar surface area (TPSA) is 62.3 Å². The Kier molecular flexibility index (Phi) is 6.32. The summed E-state index contributed by atoms with van der Waals surface area (Å²) in [7, 11) is 3.45. The zero-order valence-electron chi connectivity index (χ0n) is 15.5. The van der Waals surface area contributed by atoms with Gasteiger partial charge in [-0.1, -0.05) is 18.3 Å². The first-order valence-electron chi connectivity index (χ1n) is 7.90. The first-order chi connectivity index (χ1) is 10.9. The van der Waals surface area contributed by atoms with Gasteiger partial charge < -0.3 is 9.68 Å². The summed E-state index contributed by atoms with van der Waals surface area (Å²) in [5.41, 5.74) is -0.672. The quantitative estimate of drug-likeness (QED) is 0.542. The number of carbonyl (C=O) groups is 2. The fourth-order valence-corrected chi connectivity index (χ4v) is 3.70. The first kappa shape index (κ1) is 20.3. The number of nitrogens with zero attached hydrogens (tertiary/aromatic N) is 3. The van der Waals surface area contributed by atoms with E-state index in [4.69, 9.17) is 9.68 Å². The van der Waals surface area contributed by atoms with Crippen LogP contribution in [0.1, 0.15) is 40.5 Å². The van der Waals surface area contributed by atoms with Gasteiger partial charge >= 0.3 is 11.9 Å². The highest BCUT2D eigenvalue weighted by molar-refractivity contribution is 5.81. The molecule has 24 heavy (non-hydrogen) atoms. The monoisotopic (exact) mass is 339 g/mol. The average molecular weight is 339 g/mol. The predicted molar refractivity (Wildman–Crippen MR) is 91.1 cm³/mol. The van der Waals surface area contributed by atoms with Crippen LogP contribution in [0.4, 0.5) is 0 Å². The van der Waals surface area contributed by atoms with Gasteiger partial charge in [0.15, 0.2) is 0 Å². The van der Waals surface area contributed by atoms with E-state index in [0.29, 0.717) is 12.8 Å². The lowest BCUT2D eigenvalue weighted by Gasteiger charge is -2.57. The van der Waals surface area contributed by atoms with Crippen molar-refractivity contribution in [3.05, 3.63) is 25.3 Å². The van der Waals surface area contributed by atoms with Crippen molar-refractivity contribution in [2.75, 3.05) is 14.1 Å². The number of carbonyl (C=O) groups excluding carboxylic acids is 2. The Morgan fingerprint density at radius 3 is 1.83 bits per heavy atom. The number of hydrogen-bond donors (Lipinski definition) is 0. The molecule has 1 rings (SSSR count). The zero-order valence-corrected chi connectivity index (χ0v) is 15.5. The molecule has 0 aliphatic carbocycles. The molecule has 0 aromatic rings. The van der Waals surface area contributed by atoms with Crippen LogP contribution in [-0.4, -0.2) is 58.4 Å². The highest BCUT2D eigenvalue weighted by atomic mass is 16.7. The van der Waals surface area contributed by atoms with E-state index in [2.05, 4.69) is 40.9 Å². The van der Waals surface area contributed by atoms with Crippen LogP contribution < -0.4 is 0 Å². The Bertz CT molecular complexity index is 498. The summed E-state index contributed by atoms with van der Waals surface area (Å²) in [6, 6.07) is 0.0265. The van der Waals surface area contributed by atoms with Gasteiger partial charge in [0.1, 0.15) is 0 Å². The van der Waals surface area contributed by atoms with Crippen molar-refractivity contribution < 1.29 is 19.3 Å². The van der Waals surface area contributed by atoms with Crippen molar-refractivity contribution in [3.63, 3.8) is 0 Å². The molecule has 7 nitrogen and oxygen atoms in total. The minimum absolute atomic E-state index is 0.0265. The van der Waals surface area contributed by atoms with Crippen LogP contribution in [0.3, 0.4) is 0 Å². The SMILES string of the molecule is C=CC(=O)ON(C)C1CC(C)(C)N(N(C)OC(=O)C=C)C(C)(C)C1. The van der Waals surface area contributed by atoms with Crippen LogP contribution in [0.5, 0.6) is 0 Å². The summed E-state index contributed by atoms with van der Waals surface area (Å²) in [5, 5.41) is 5.08. The number of hydrazine groups is 1. The van der Waals surface area contributed by atoms with Crippen molar-refractivity contribution in [1.82, 2.24) is 15.2 Å². The third kappa shape index (κ3) is 4.66. The van der Waals surface area contributed by atoms with Gasteiger partial charge in [0, 0.05) is 43.4 Å². The number of piperidine rings is 1. The normalized spacial score (nSPS) is 20.7. The van der Waals surface area contributed by atoms with Crippen molar-refractivity contribution in [2.24, 2.45) is 0 Å². The third-order valence-corrected chi connectivity index (χ3v) is 4.20. The Balaban J connectivity index is 2.97. The summed E-state index contributed by atoms with van der Waals surface area (Å²) in [4.78, 5) is 33.5. The largest absolute Gasteiger partial charge is 0.364 e. The van der Waals surface area contributed by atoms with E-state index >= 15 is 0 Å². The molecule has 136 valence electrons. The fourth-order valence-electron chi connectivity index (χ4n) is 3.70. The van der Waals surface area contributed by atoms with Gasteiger partial charge in [0.2, 0.25) is 0 Å². The molecule has 0 spiro atoms. The maximum atomic E-state index is 11.5. The predicted octanol–water partition coefficient (Wildman–Crippen LogP) is 2.08. The van der Waals surface area contributed by atoms with Crippen LogP contribution >= 0.6 is 0 Å².